The second kappa shape index (κ2) is 13.1. The number of fused-ring (bicyclic) bond motifs is 1. The molecule has 3 atom stereocenters. The van der Waals surface area contributed by atoms with Crippen LogP contribution in [0.4, 0.5) is 5.69 Å². The summed E-state index contributed by atoms with van der Waals surface area (Å²) in [7, 11) is 0.635. The van der Waals surface area contributed by atoms with Gasteiger partial charge in [-0.15, -0.1) is 0 Å². The number of carbonyl (C=O) groups excluding carboxylic acids is 1. The highest BCUT2D eigenvalue weighted by atomic mass is 31.1. The van der Waals surface area contributed by atoms with Crippen LogP contribution in [0.15, 0.2) is 64.7 Å². The maximum absolute atomic E-state index is 12.9. The van der Waals surface area contributed by atoms with Gasteiger partial charge in [-0.1, -0.05) is 60.1 Å². The number of hydrogen-bond acceptors (Lipinski definition) is 5. The summed E-state index contributed by atoms with van der Waals surface area (Å²) in [5.74, 6) is 1.30. The molecule has 2 aliphatic heterocycles. The molecule has 196 valence electrons. The molecule has 3 heterocycles. The fourth-order valence-corrected chi connectivity index (χ4v) is 5.73. The van der Waals surface area contributed by atoms with Gasteiger partial charge in [-0.25, -0.2) is 4.98 Å². The first-order valence-electron chi connectivity index (χ1n) is 13.4. The number of nitrogens with one attached hydrogen (secondary N) is 2. The van der Waals surface area contributed by atoms with Gasteiger partial charge in [0.25, 0.3) is 5.91 Å². The molecule has 1 aromatic carbocycles. The number of nitrogens with zero attached hydrogens (tertiary/aromatic N) is 2. The molecule has 7 heteroatoms. The summed E-state index contributed by atoms with van der Waals surface area (Å²) in [6, 6.07) is 10.0. The number of pyridine rings is 1. The molecular formula is C30H39N4O2P. The summed E-state index contributed by atoms with van der Waals surface area (Å²) in [4.78, 5) is 22.1. The van der Waals surface area contributed by atoms with E-state index in [1.54, 1.807) is 6.20 Å². The molecule has 0 saturated heterocycles. The van der Waals surface area contributed by atoms with Crippen molar-refractivity contribution in [1.29, 1.82) is 0 Å². The van der Waals surface area contributed by atoms with E-state index in [4.69, 9.17) is 9.73 Å². The summed E-state index contributed by atoms with van der Waals surface area (Å²) in [5.41, 5.74) is 4.57. The maximum Gasteiger partial charge on any atom is 0.257 e. The number of amides is 1. The van der Waals surface area contributed by atoms with Crippen LogP contribution in [0.1, 0.15) is 80.9 Å². The molecule has 4 rings (SSSR count). The van der Waals surface area contributed by atoms with E-state index in [1.165, 1.54) is 5.31 Å². The van der Waals surface area contributed by atoms with Gasteiger partial charge in [0.1, 0.15) is 0 Å². The molecular weight excluding hydrogens is 479 g/mol. The second-order valence-corrected chi connectivity index (χ2v) is 11.6. The van der Waals surface area contributed by atoms with Crippen LogP contribution in [-0.2, 0) is 6.42 Å². The second-order valence-electron chi connectivity index (χ2n) is 10.1. The lowest BCUT2D eigenvalue weighted by Crippen LogP contribution is -2.30. The molecule has 2 N–H and O–H groups in total. The molecule has 0 spiro atoms. The van der Waals surface area contributed by atoms with Gasteiger partial charge in [0.05, 0.1) is 23.7 Å². The molecule has 0 fully saturated rings. The molecule has 2 aromatic rings. The Balaban J connectivity index is 1.41. The highest BCUT2D eigenvalue weighted by Gasteiger charge is 2.20. The van der Waals surface area contributed by atoms with E-state index in [0.717, 1.165) is 54.6 Å². The Morgan fingerprint density at radius 3 is 2.92 bits per heavy atom. The van der Waals surface area contributed by atoms with Crippen LogP contribution in [-0.4, -0.2) is 29.5 Å². The van der Waals surface area contributed by atoms with Crippen LogP contribution < -0.4 is 15.4 Å². The first-order chi connectivity index (χ1) is 17.9. The van der Waals surface area contributed by atoms with Crippen molar-refractivity contribution < 1.29 is 9.53 Å². The van der Waals surface area contributed by atoms with Crippen molar-refractivity contribution >= 4 is 26.4 Å². The minimum Gasteiger partial charge on any atom is -0.477 e. The Morgan fingerprint density at radius 2 is 2.11 bits per heavy atom. The Kier molecular flexibility index (Phi) is 9.65. The standard InChI is InChI=1S/C30H39N4O2P/c1-5-6-12-26-27(14-13-20(2)3)37-28(19-31-26)33-21(4)22-9-7-11-25(17-22)34-29(35)24-16-23-10-8-15-36-30(23)32-18-24/h7,9,11-12,14,16-21,28,33,37H,5-6,8,10,13,15H2,1-4H3,(H,34,35)/b26-12+,27-14-. The van der Waals surface area contributed by atoms with Crippen LogP contribution in [0.5, 0.6) is 5.88 Å². The maximum atomic E-state index is 12.9. The molecule has 1 amide bonds. The molecule has 37 heavy (non-hydrogen) atoms. The monoisotopic (exact) mass is 518 g/mol. The number of benzene rings is 1. The largest absolute Gasteiger partial charge is 0.477 e. The van der Waals surface area contributed by atoms with E-state index in [9.17, 15) is 4.79 Å². The van der Waals surface area contributed by atoms with Crippen molar-refractivity contribution in [3.05, 3.63) is 76.4 Å². The average Bonchev–Trinajstić information content (AvgIpc) is 2.91. The summed E-state index contributed by atoms with van der Waals surface area (Å²) in [6.45, 7) is 9.55. The highest BCUT2D eigenvalue weighted by molar-refractivity contribution is 7.45. The van der Waals surface area contributed by atoms with E-state index in [1.807, 2.05) is 24.3 Å². The number of hydrogen-bond donors (Lipinski definition) is 2. The van der Waals surface area contributed by atoms with E-state index in [-0.39, 0.29) is 17.7 Å². The number of allylic oxidation sites excluding steroid dienone is 3. The van der Waals surface area contributed by atoms with Gasteiger partial charge < -0.3 is 10.1 Å². The predicted molar refractivity (Wildman–Crippen MR) is 155 cm³/mol. The third-order valence-corrected chi connectivity index (χ3v) is 7.86. The minimum atomic E-state index is -0.161. The van der Waals surface area contributed by atoms with Gasteiger partial charge in [0.15, 0.2) is 0 Å². The third-order valence-electron chi connectivity index (χ3n) is 6.46. The number of aryl methyl sites for hydroxylation is 1. The number of ether oxygens (including phenoxy) is 1. The fraction of sp³-hybridized carbons (Fsp3) is 0.433. The molecule has 0 radical (unpaired) electrons. The highest BCUT2D eigenvalue weighted by Crippen LogP contribution is 2.39. The van der Waals surface area contributed by atoms with Crippen LogP contribution in [0, 0.1) is 5.92 Å². The minimum absolute atomic E-state index is 0.107. The quantitative estimate of drug-likeness (QED) is 0.350. The number of aliphatic imine (C=N–C) groups is 1. The normalized spacial score (nSPS) is 20.7. The van der Waals surface area contributed by atoms with Crippen molar-refractivity contribution in [2.75, 3.05) is 11.9 Å². The zero-order valence-corrected chi connectivity index (χ0v) is 23.4. The van der Waals surface area contributed by atoms with E-state index in [2.05, 4.69) is 67.7 Å². The van der Waals surface area contributed by atoms with E-state index in [0.29, 0.717) is 32.5 Å². The first kappa shape index (κ1) is 27.2. The van der Waals surface area contributed by atoms with Gasteiger partial charge in [0.2, 0.25) is 5.88 Å². The van der Waals surface area contributed by atoms with Gasteiger partial charge in [-0.2, -0.15) is 0 Å². The predicted octanol–water partition coefficient (Wildman–Crippen LogP) is 7.01. The first-order valence-corrected chi connectivity index (χ1v) is 14.5. The molecule has 0 aliphatic carbocycles. The molecule has 1 aromatic heterocycles. The van der Waals surface area contributed by atoms with Gasteiger partial charge >= 0.3 is 0 Å². The molecule has 6 nitrogen and oxygen atoms in total. The zero-order chi connectivity index (χ0) is 26.2. The topological polar surface area (TPSA) is 75.6 Å². The van der Waals surface area contributed by atoms with Crippen LogP contribution in [0.2, 0.25) is 0 Å². The molecule has 2 aliphatic rings. The van der Waals surface area contributed by atoms with Crippen LogP contribution >= 0.6 is 8.58 Å². The van der Waals surface area contributed by atoms with Crippen molar-refractivity contribution in [1.82, 2.24) is 10.3 Å². The summed E-state index contributed by atoms with van der Waals surface area (Å²) in [5, 5.41) is 8.13. The lowest BCUT2D eigenvalue weighted by Gasteiger charge is -2.26. The SMILES string of the molecule is CCC/C=C1/N=CC(NC(C)c2cccc(NC(=O)c3cnc4c(c3)CCCO4)c2)P/C1=C\CC(C)C. The van der Waals surface area contributed by atoms with Gasteiger partial charge in [-0.3, -0.25) is 15.1 Å². The Hall–Kier alpha value is -2.82. The number of aromatic nitrogens is 1. The number of carbonyl (C=O) groups is 1. The summed E-state index contributed by atoms with van der Waals surface area (Å²) in [6.07, 6.45) is 13.4. The van der Waals surface area contributed by atoms with Crippen molar-refractivity contribution in [2.24, 2.45) is 10.9 Å². The smallest absolute Gasteiger partial charge is 0.257 e. The molecule has 0 bridgehead atoms. The van der Waals surface area contributed by atoms with Gasteiger partial charge in [-0.05, 0) is 67.6 Å². The Morgan fingerprint density at radius 1 is 1.24 bits per heavy atom. The third kappa shape index (κ3) is 7.59. The van der Waals surface area contributed by atoms with Gasteiger partial charge in [0, 0.05) is 29.7 Å². The Labute approximate surface area is 222 Å². The number of rotatable bonds is 9. The lowest BCUT2D eigenvalue weighted by molar-refractivity contribution is 0.102. The number of unbranched alkanes of at least 4 members (excludes halogenated alkanes) is 1. The fourth-order valence-electron chi connectivity index (χ4n) is 4.37. The lowest BCUT2D eigenvalue weighted by atomic mass is 10.1. The van der Waals surface area contributed by atoms with Crippen LogP contribution in [0.3, 0.4) is 0 Å². The zero-order valence-electron chi connectivity index (χ0n) is 22.4. The average molecular weight is 519 g/mol. The van der Waals surface area contributed by atoms with E-state index < -0.39 is 0 Å². The Bertz CT molecular complexity index is 1190. The van der Waals surface area contributed by atoms with Crippen LogP contribution in [0.25, 0.3) is 0 Å². The summed E-state index contributed by atoms with van der Waals surface area (Å²) >= 11 is 0. The van der Waals surface area contributed by atoms with Crippen molar-refractivity contribution in [2.45, 2.75) is 71.6 Å². The van der Waals surface area contributed by atoms with E-state index >= 15 is 0 Å². The molecule has 3 unspecified atom stereocenters. The van der Waals surface area contributed by atoms with Crippen molar-refractivity contribution in [3.8, 4) is 5.88 Å². The molecule has 0 saturated carbocycles. The summed E-state index contributed by atoms with van der Waals surface area (Å²) < 4.78 is 5.57. The number of anilines is 1. The van der Waals surface area contributed by atoms with Crippen molar-refractivity contribution in [3.63, 3.8) is 0 Å².